The number of amides is 1. The number of carbonyl (C=O) groups excluding carboxylic acids is 1. The van der Waals surface area contributed by atoms with Crippen LogP contribution in [0.2, 0.25) is 0 Å². The molecule has 0 aliphatic carbocycles. The summed E-state index contributed by atoms with van der Waals surface area (Å²) in [5.41, 5.74) is 1.64. The van der Waals surface area contributed by atoms with Gasteiger partial charge in [0.05, 0.1) is 18.1 Å². The number of hydrogen-bond acceptors (Lipinski definition) is 4. The fraction of sp³-hybridized carbons (Fsp3) is 0.444. The largest absolute Gasteiger partial charge is 0.444 e. The molecule has 0 aliphatic heterocycles. The van der Waals surface area contributed by atoms with E-state index in [4.69, 9.17) is 4.74 Å². The molecule has 0 fully saturated rings. The average molecular weight is 330 g/mol. The molecule has 2 N–H and O–H groups in total. The van der Waals surface area contributed by atoms with E-state index in [1.807, 2.05) is 45.2 Å². The number of aromatic amines is 1. The molecule has 0 bridgehead atoms. The Kier molecular flexibility index (Phi) is 5.98. The van der Waals surface area contributed by atoms with Gasteiger partial charge < -0.3 is 19.9 Å². The predicted molar refractivity (Wildman–Crippen MR) is 93.7 cm³/mol. The van der Waals surface area contributed by atoms with E-state index in [2.05, 4.69) is 27.4 Å². The van der Waals surface area contributed by atoms with Gasteiger partial charge in [-0.25, -0.2) is 9.78 Å². The fourth-order valence-corrected chi connectivity index (χ4v) is 2.29. The Hall–Kier alpha value is -2.34. The maximum Gasteiger partial charge on any atom is 0.410 e. The second-order valence-corrected chi connectivity index (χ2v) is 6.71. The molecule has 1 atom stereocenters. The van der Waals surface area contributed by atoms with E-state index in [-0.39, 0.29) is 12.1 Å². The van der Waals surface area contributed by atoms with Crippen LogP contribution in [0, 0.1) is 0 Å². The highest BCUT2D eigenvalue weighted by atomic mass is 16.6. The number of benzene rings is 1. The molecule has 0 spiro atoms. The van der Waals surface area contributed by atoms with E-state index in [0.29, 0.717) is 13.1 Å². The van der Waals surface area contributed by atoms with Crippen molar-refractivity contribution in [1.29, 1.82) is 0 Å². The Balaban J connectivity index is 1.93. The van der Waals surface area contributed by atoms with Crippen molar-refractivity contribution in [2.75, 3.05) is 20.1 Å². The van der Waals surface area contributed by atoms with Crippen LogP contribution in [0.3, 0.4) is 0 Å². The van der Waals surface area contributed by atoms with Crippen molar-refractivity contribution in [3.05, 3.63) is 54.1 Å². The molecule has 6 nitrogen and oxygen atoms in total. The molecule has 0 aliphatic rings. The Morgan fingerprint density at radius 2 is 2.04 bits per heavy atom. The van der Waals surface area contributed by atoms with Crippen molar-refractivity contribution < 1.29 is 9.53 Å². The van der Waals surface area contributed by atoms with Gasteiger partial charge in [-0.05, 0) is 26.3 Å². The monoisotopic (exact) mass is 330 g/mol. The van der Waals surface area contributed by atoms with Gasteiger partial charge in [0.1, 0.15) is 5.60 Å². The highest BCUT2D eigenvalue weighted by Crippen LogP contribution is 2.19. The minimum absolute atomic E-state index is 0.000682. The highest BCUT2D eigenvalue weighted by Gasteiger charge is 2.20. The van der Waals surface area contributed by atoms with Gasteiger partial charge in [-0.15, -0.1) is 0 Å². The van der Waals surface area contributed by atoms with Crippen LogP contribution < -0.4 is 5.32 Å². The third-order valence-electron chi connectivity index (χ3n) is 3.46. The first-order valence-corrected chi connectivity index (χ1v) is 8.07. The summed E-state index contributed by atoms with van der Waals surface area (Å²) in [6.07, 6.45) is 3.16. The number of hydrogen-bond donors (Lipinski definition) is 2. The Morgan fingerprint density at radius 1 is 1.33 bits per heavy atom. The highest BCUT2D eigenvalue weighted by molar-refractivity contribution is 5.67. The number of aromatic nitrogens is 2. The van der Waals surface area contributed by atoms with Crippen LogP contribution in [-0.4, -0.2) is 46.7 Å². The summed E-state index contributed by atoms with van der Waals surface area (Å²) >= 11 is 0. The molecule has 24 heavy (non-hydrogen) atoms. The smallest absolute Gasteiger partial charge is 0.410 e. The van der Waals surface area contributed by atoms with Crippen LogP contribution in [0.5, 0.6) is 0 Å². The van der Waals surface area contributed by atoms with Crippen molar-refractivity contribution >= 4 is 6.09 Å². The molecule has 2 rings (SSSR count). The van der Waals surface area contributed by atoms with Gasteiger partial charge in [-0.1, -0.05) is 30.3 Å². The molecule has 0 saturated carbocycles. The third kappa shape index (κ3) is 5.38. The number of H-pyrrole nitrogens is 1. The minimum Gasteiger partial charge on any atom is -0.444 e. The summed E-state index contributed by atoms with van der Waals surface area (Å²) in [6, 6.07) is 10.1. The lowest BCUT2D eigenvalue weighted by Gasteiger charge is -2.25. The summed E-state index contributed by atoms with van der Waals surface area (Å²) in [5, 5.41) is 3.47. The molecule has 130 valence electrons. The van der Waals surface area contributed by atoms with Crippen LogP contribution in [0.1, 0.15) is 38.1 Å². The molecular formula is C18H26N4O2. The van der Waals surface area contributed by atoms with Crippen molar-refractivity contribution in [2.24, 2.45) is 0 Å². The first-order valence-electron chi connectivity index (χ1n) is 8.07. The average Bonchev–Trinajstić information content (AvgIpc) is 3.04. The molecule has 6 heteroatoms. The summed E-state index contributed by atoms with van der Waals surface area (Å²) in [5.74, 6) is 0. The molecule has 1 unspecified atom stereocenters. The molecule has 1 heterocycles. The normalized spacial score (nSPS) is 12.7. The molecule has 0 radical (unpaired) electrons. The van der Waals surface area contributed by atoms with Crippen molar-refractivity contribution in [3.63, 3.8) is 0 Å². The van der Waals surface area contributed by atoms with Gasteiger partial charge in [0.2, 0.25) is 0 Å². The van der Waals surface area contributed by atoms with Gasteiger partial charge >= 0.3 is 6.09 Å². The van der Waals surface area contributed by atoms with Crippen LogP contribution in [0.25, 0.3) is 0 Å². The topological polar surface area (TPSA) is 70.2 Å². The number of rotatable bonds is 6. The van der Waals surface area contributed by atoms with E-state index in [1.54, 1.807) is 18.3 Å². The quantitative estimate of drug-likeness (QED) is 0.854. The first kappa shape index (κ1) is 18.0. The lowest BCUT2D eigenvalue weighted by molar-refractivity contribution is 0.0300. The Labute approximate surface area is 143 Å². The number of imidazole rings is 1. The number of nitrogens with zero attached hydrogens (tertiary/aromatic N) is 2. The van der Waals surface area contributed by atoms with E-state index in [1.165, 1.54) is 0 Å². The minimum atomic E-state index is -0.485. The first-order chi connectivity index (χ1) is 11.4. The number of likely N-dealkylation sites (N-methyl/N-ethyl adjacent to an activating group) is 1. The van der Waals surface area contributed by atoms with Crippen molar-refractivity contribution in [3.8, 4) is 0 Å². The molecular weight excluding hydrogens is 304 g/mol. The second-order valence-electron chi connectivity index (χ2n) is 6.71. The van der Waals surface area contributed by atoms with E-state index >= 15 is 0 Å². The van der Waals surface area contributed by atoms with Gasteiger partial charge in [0, 0.05) is 26.3 Å². The van der Waals surface area contributed by atoms with Crippen molar-refractivity contribution in [1.82, 2.24) is 20.2 Å². The zero-order valence-corrected chi connectivity index (χ0v) is 14.7. The zero-order valence-electron chi connectivity index (χ0n) is 14.7. The summed E-state index contributed by atoms with van der Waals surface area (Å²) < 4.78 is 5.36. The van der Waals surface area contributed by atoms with E-state index < -0.39 is 5.60 Å². The molecule has 1 aromatic heterocycles. The lowest BCUT2D eigenvalue weighted by atomic mass is 10.0. The zero-order chi connectivity index (χ0) is 17.6. The van der Waals surface area contributed by atoms with Gasteiger partial charge in [-0.3, -0.25) is 0 Å². The number of carbonyl (C=O) groups is 1. The molecule has 1 amide bonds. The van der Waals surface area contributed by atoms with Crippen LogP contribution in [-0.2, 0) is 4.74 Å². The SMILES string of the molecule is CN(CCNC(c1ccccc1)c1cnc[nH]1)C(=O)OC(C)(C)C. The van der Waals surface area contributed by atoms with Crippen LogP contribution in [0.4, 0.5) is 4.79 Å². The molecule has 0 saturated heterocycles. The second kappa shape index (κ2) is 7.97. The summed E-state index contributed by atoms with van der Waals surface area (Å²) in [7, 11) is 1.74. The maximum atomic E-state index is 12.0. The lowest BCUT2D eigenvalue weighted by Crippen LogP contribution is -2.38. The molecule has 2 aromatic rings. The Bertz CT molecular complexity index is 620. The van der Waals surface area contributed by atoms with E-state index in [9.17, 15) is 4.79 Å². The van der Waals surface area contributed by atoms with E-state index in [0.717, 1.165) is 11.3 Å². The summed E-state index contributed by atoms with van der Waals surface area (Å²) in [6.45, 7) is 6.77. The standard InChI is InChI=1S/C18H26N4O2/c1-18(2,3)24-17(23)22(4)11-10-20-16(15-12-19-13-21-15)14-8-6-5-7-9-14/h5-9,12-13,16,20H,10-11H2,1-4H3,(H,19,21). The number of nitrogens with one attached hydrogen (secondary N) is 2. The Morgan fingerprint density at radius 3 is 2.62 bits per heavy atom. The van der Waals surface area contributed by atoms with Crippen LogP contribution in [0.15, 0.2) is 42.9 Å². The fourth-order valence-electron chi connectivity index (χ4n) is 2.29. The maximum absolute atomic E-state index is 12.0. The van der Waals surface area contributed by atoms with Crippen LogP contribution >= 0.6 is 0 Å². The van der Waals surface area contributed by atoms with Gasteiger partial charge in [-0.2, -0.15) is 0 Å². The van der Waals surface area contributed by atoms with Gasteiger partial charge in [0.15, 0.2) is 0 Å². The van der Waals surface area contributed by atoms with Crippen molar-refractivity contribution in [2.45, 2.75) is 32.4 Å². The third-order valence-corrected chi connectivity index (χ3v) is 3.46. The predicted octanol–water partition coefficient (Wildman–Crippen LogP) is 2.96. The number of ether oxygens (including phenoxy) is 1. The van der Waals surface area contributed by atoms with Gasteiger partial charge in [0.25, 0.3) is 0 Å². The summed E-state index contributed by atoms with van der Waals surface area (Å²) in [4.78, 5) is 20.8. The molecule has 1 aromatic carbocycles.